The average Bonchev–Trinajstić information content (AvgIpc) is 2.92. The van der Waals surface area contributed by atoms with Gasteiger partial charge in [-0.3, -0.25) is 4.79 Å². The summed E-state index contributed by atoms with van der Waals surface area (Å²) >= 11 is 0. The molecule has 1 amide bonds. The second-order valence-electron chi connectivity index (χ2n) is 5.47. The zero-order chi connectivity index (χ0) is 13.5. The summed E-state index contributed by atoms with van der Waals surface area (Å²) in [7, 11) is 0. The highest BCUT2D eigenvalue weighted by atomic mass is 16.2. The van der Waals surface area contributed by atoms with Gasteiger partial charge in [-0.15, -0.1) is 0 Å². The highest BCUT2D eigenvalue weighted by molar-refractivity contribution is 6.15. The van der Waals surface area contributed by atoms with Crippen molar-refractivity contribution in [3.63, 3.8) is 0 Å². The Hall–Kier alpha value is -2.17. The first-order chi connectivity index (χ1) is 9.83. The quantitative estimate of drug-likeness (QED) is 0.864. The molecule has 2 aliphatic rings. The van der Waals surface area contributed by atoms with Crippen molar-refractivity contribution in [2.45, 2.75) is 32.1 Å². The summed E-state index contributed by atoms with van der Waals surface area (Å²) in [6, 6.07) is 7.78. The van der Waals surface area contributed by atoms with Gasteiger partial charge in [0.2, 0.25) is 5.95 Å². The Bertz CT molecular complexity index is 670. The third-order valence-corrected chi connectivity index (χ3v) is 4.14. The molecule has 1 unspecified atom stereocenters. The van der Waals surface area contributed by atoms with Crippen molar-refractivity contribution in [3.8, 4) is 0 Å². The predicted octanol–water partition coefficient (Wildman–Crippen LogP) is 2.85. The summed E-state index contributed by atoms with van der Waals surface area (Å²) in [6.45, 7) is 0. The zero-order valence-electron chi connectivity index (χ0n) is 11.2. The molecule has 1 aromatic heterocycles. The number of nitrogens with zero attached hydrogens (tertiary/aromatic N) is 3. The van der Waals surface area contributed by atoms with Crippen LogP contribution in [0.5, 0.6) is 0 Å². The van der Waals surface area contributed by atoms with Crippen LogP contribution in [-0.4, -0.2) is 21.6 Å². The number of imidazole rings is 1. The van der Waals surface area contributed by atoms with E-state index in [2.05, 4.69) is 15.1 Å². The van der Waals surface area contributed by atoms with E-state index in [1.807, 2.05) is 24.3 Å². The number of nitrogens with one attached hydrogen (secondary N) is 1. The SMILES string of the molecule is O=C1C2CCCCCC2=NN1c1nc2ccccc2[nH]1. The number of H-pyrrole nitrogens is 1. The van der Waals surface area contributed by atoms with Crippen LogP contribution in [0.2, 0.25) is 0 Å². The van der Waals surface area contributed by atoms with Crippen molar-refractivity contribution < 1.29 is 4.79 Å². The van der Waals surface area contributed by atoms with E-state index in [4.69, 9.17) is 0 Å². The van der Waals surface area contributed by atoms with Gasteiger partial charge >= 0.3 is 0 Å². The Morgan fingerprint density at radius 2 is 2.10 bits per heavy atom. The first-order valence-electron chi connectivity index (χ1n) is 7.19. The Morgan fingerprint density at radius 1 is 1.20 bits per heavy atom. The Kier molecular flexibility index (Phi) is 2.58. The molecule has 1 aliphatic heterocycles. The summed E-state index contributed by atoms with van der Waals surface area (Å²) in [6.07, 6.45) is 5.31. The van der Waals surface area contributed by atoms with Gasteiger partial charge in [-0.05, 0) is 31.4 Å². The summed E-state index contributed by atoms with van der Waals surface area (Å²) in [5, 5.41) is 5.99. The first kappa shape index (κ1) is 11.6. The molecule has 5 heteroatoms. The second kappa shape index (κ2) is 4.44. The van der Waals surface area contributed by atoms with E-state index in [0.29, 0.717) is 5.95 Å². The van der Waals surface area contributed by atoms with Crippen molar-refractivity contribution in [2.75, 3.05) is 5.01 Å². The standard InChI is InChI=1S/C15H16N4O/c20-14-10-6-2-1-3-7-11(10)18-19(14)15-16-12-8-4-5-9-13(12)17-15/h4-5,8-10H,1-3,6-7H2,(H,16,17). The fraction of sp³-hybridized carbons (Fsp3) is 0.400. The third kappa shape index (κ3) is 1.73. The third-order valence-electron chi connectivity index (χ3n) is 4.14. The normalized spacial score (nSPS) is 22.8. The molecule has 1 saturated carbocycles. The minimum atomic E-state index is -0.0225. The van der Waals surface area contributed by atoms with E-state index in [1.54, 1.807) is 0 Å². The molecule has 102 valence electrons. The molecule has 0 saturated heterocycles. The molecule has 1 aromatic carbocycles. The van der Waals surface area contributed by atoms with Crippen LogP contribution >= 0.6 is 0 Å². The molecule has 20 heavy (non-hydrogen) atoms. The number of carbonyl (C=O) groups is 1. The summed E-state index contributed by atoms with van der Waals surface area (Å²) in [4.78, 5) is 20.2. The summed E-state index contributed by atoms with van der Waals surface area (Å²) in [5.41, 5.74) is 2.83. The number of hydrazone groups is 1. The molecule has 2 aromatic rings. The van der Waals surface area contributed by atoms with Gasteiger partial charge in [-0.2, -0.15) is 10.1 Å². The molecule has 4 rings (SSSR count). The topological polar surface area (TPSA) is 61.4 Å². The Balaban J connectivity index is 1.73. The van der Waals surface area contributed by atoms with Gasteiger partial charge in [-0.1, -0.05) is 25.0 Å². The molecule has 1 N–H and O–H groups in total. The van der Waals surface area contributed by atoms with Gasteiger partial charge in [0.05, 0.1) is 22.7 Å². The van der Waals surface area contributed by atoms with E-state index < -0.39 is 0 Å². The van der Waals surface area contributed by atoms with E-state index in [9.17, 15) is 4.79 Å². The number of aromatic amines is 1. The number of anilines is 1. The lowest BCUT2D eigenvalue weighted by Crippen LogP contribution is -2.27. The van der Waals surface area contributed by atoms with E-state index in [-0.39, 0.29) is 11.8 Å². The van der Waals surface area contributed by atoms with E-state index in [0.717, 1.165) is 42.4 Å². The molecule has 0 bridgehead atoms. The molecular formula is C15H16N4O. The van der Waals surface area contributed by atoms with Gasteiger partial charge in [0, 0.05) is 0 Å². The van der Waals surface area contributed by atoms with Crippen molar-refractivity contribution in [3.05, 3.63) is 24.3 Å². The number of rotatable bonds is 1. The molecule has 1 aliphatic carbocycles. The summed E-state index contributed by atoms with van der Waals surface area (Å²) in [5.74, 6) is 0.587. The van der Waals surface area contributed by atoms with Crippen molar-refractivity contribution in [2.24, 2.45) is 11.0 Å². The maximum Gasteiger partial charge on any atom is 0.258 e. The van der Waals surface area contributed by atoms with Gasteiger partial charge in [0.1, 0.15) is 0 Å². The number of amides is 1. The van der Waals surface area contributed by atoms with Crippen LogP contribution in [0.25, 0.3) is 11.0 Å². The maximum absolute atomic E-state index is 12.5. The van der Waals surface area contributed by atoms with Crippen LogP contribution < -0.4 is 5.01 Å². The molecule has 2 heterocycles. The highest BCUT2D eigenvalue weighted by Gasteiger charge is 2.37. The lowest BCUT2D eigenvalue weighted by Gasteiger charge is -2.10. The van der Waals surface area contributed by atoms with Crippen molar-refractivity contribution in [1.82, 2.24) is 9.97 Å². The largest absolute Gasteiger partial charge is 0.322 e. The van der Waals surface area contributed by atoms with Gasteiger partial charge in [0.15, 0.2) is 0 Å². The Labute approximate surface area is 116 Å². The zero-order valence-corrected chi connectivity index (χ0v) is 11.2. The summed E-state index contributed by atoms with van der Waals surface area (Å²) < 4.78 is 0. The number of hydrogen-bond donors (Lipinski definition) is 1. The lowest BCUT2D eigenvalue weighted by atomic mass is 9.99. The molecule has 0 radical (unpaired) electrons. The van der Waals surface area contributed by atoms with Gasteiger partial charge < -0.3 is 4.98 Å². The van der Waals surface area contributed by atoms with Crippen LogP contribution in [0, 0.1) is 5.92 Å². The number of aromatic nitrogens is 2. The number of fused-ring (bicyclic) bond motifs is 2. The molecular weight excluding hydrogens is 252 g/mol. The molecule has 1 fully saturated rings. The Morgan fingerprint density at radius 3 is 3.00 bits per heavy atom. The van der Waals surface area contributed by atoms with Gasteiger partial charge in [-0.25, -0.2) is 4.98 Å². The molecule has 1 atom stereocenters. The fourth-order valence-corrected chi connectivity index (χ4v) is 3.07. The lowest BCUT2D eigenvalue weighted by molar-refractivity contribution is -0.120. The van der Waals surface area contributed by atoms with Crippen LogP contribution in [0.15, 0.2) is 29.4 Å². The minimum absolute atomic E-state index is 0.0225. The fourth-order valence-electron chi connectivity index (χ4n) is 3.07. The predicted molar refractivity (Wildman–Crippen MR) is 77.6 cm³/mol. The highest BCUT2D eigenvalue weighted by Crippen LogP contribution is 2.30. The average molecular weight is 268 g/mol. The molecule has 5 nitrogen and oxygen atoms in total. The van der Waals surface area contributed by atoms with Crippen molar-refractivity contribution >= 4 is 28.6 Å². The maximum atomic E-state index is 12.5. The smallest absolute Gasteiger partial charge is 0.258 e. The number of para-hydroxylation sites is 2. The van der Waals surface area contributed by atoms with Crippen LogP contribution in [0.3, 0.4) is 0 Å². The van der Waals surface area contributed by atoms with E-state index >= 15 is 0 Å². The monoisotopic (exact) mass is 268 g/mol. The number of hydrogen-bond acceptors (Lipinski definition) is 3. The second-order valence-corrected chi connectivity index (χ2v) is 5.47. The van der Waals surface area contributed by atoms with Crippen LogP contribution in [-0.2, 0) is 4.79 Å². The van der Waals surface area contributed by atoms with Crippen LogP contribution in [0.4, 0.5) is 5.95 Å². The van der Waals surface area contributed by atoms with Gasteiger partial charge in [0.25, 0.3) is 5.91 Å². The minimum Gasteiger partial charge on any atom is -0.322 e. The van der Waals surface area contributed by atoms with Crippen LogP contribution in [0.1, 0.15) is 32.1 Å². The molecule has 0 spiro atoms. The van der Waals surface area contributed by atoms with Crippen molar-refractivity contribution in [1.29, 1.82) is 0 Å². The first-order valence-corrected chi connectivity index (χ1v) is 7.19. The number of benzene rings is 1. The number of carbonyl (C=O) groups excluding carboxylic acids is 1. The van der Waals surface area contributed by atoms with E-state index in [1.165, 1.54) is 11.4 Å².